The van der Waals surface area contributed by atoms with Gasteiger partial charge in [0.1, 0.15) is 5.69 Å². The Kier molecular flexibility index (Phi) is 5.88. The van der Waals surface area contributed by atoms with Crippen LogP contribution in [-0.2, 0) is 13.0 Å². The number of halogens is 2. The molecule has 124 valence electrons. The van der Waals surface area contributed by atoms with Crippen LogP contribution >= 0.6 is 24.0 Å². The molecule has 0 aromatic carbocycles. The topological polar surface area (TPSA) is 85.9 Å². The molecule has 0 spiro atoms. The Balaban J connectivity index is 0.00000176. The van der Waals surface area contributed by atoms with E-state index in [0.717, 1.165) is 43.7 Å². The van der Waals surface area contributed by atoms with E-state index in [9.17, 15) is 4.79 Å². The molecule has 0 atom stereocenters. The van der Waals surface area contributed by atoms with Crippen molar-refractivity contribution in [2.45, 2.75) is 25.8 Å². The van der Waals surface area contributed by atoms with Crippen molar-refractivity contribution in [3.63, 3.8) is 0 Å². The maximum Gasteiger partial charge on any atom is 0.317 e. The average molecular weight is 349 g/mol. The fourth-order valence-electron chi connectivity index (χ4n) is 2.97. The first-order valence-electron chi connectivity index (χ1n) is 7.40. The quantitative estimate of drug-likeness (QED) is 0.708. The number of hydrogen-bond acceptors (Lipinski definition) is 4. The Bertz CT molecular complexity index is 502. The molecular formula is C13H22Cl2N6O. The van der Waals surface area contributed by atoms with E-state index in [1.54, 1.807) is 4.90 Å². The molecule has 2 amide bonds. The van der Waals surface area contributed by atoms with Gasteiger partial charge in [-0.15, -0.1) is 24.0 Å². The summed E-state index contributed by atoms with van der Waals surface area (Å²) in [5.41, 5.74) is 1.86. The number of fused-ring (bicyclic) bond motifs is 1. The highest BCUT2D eigenvalue weighted by atomic mass is 35.5. The molecule has 7 nitrogen and oxygen atoms in total. The predicted molar refractivity (Wildman–Crippen MR) is 86.4 cm³/mol. The van der Waals surface area contributed by atoms with Crippen molar-refractivity contribution >= 4 is 30.0 Å². The van der Waals surface area contributed by atoms with Gasteiger partial charge in [0.15, 0.2) is 0 Å². The van der Waals surface area contributed by atoms with E-state index in [0.29, 0.717) is 25.5 Å². The fraction of sp³-hybridized carbons (Fsp3) is 0.769. The van der Waals surface area contributed by atoms with E-state index in [-0.39, 0.29) is 23.9 Å². The van der Waals surface area contributed by atoms with Crippen LogP contribution in [0.4, 0.5) is 4.79 Å². The largest absolute Gasteiger partial charge is 0.337 e. The summed E-state index contributed by atoms with van der Waals surface area (Å²) in [6.45, 7) is 3.77. The molecule has 2 aliphatic heterocycles. The number of aromatic amines is 1. The van der Waals surface area contributed by atoms with Crippen molar-refractivity contribution in [1.29, 1.82) is 0 Å². The monoisotopic (exact) mass is 348 g/mol. The molecule has 0 bridgehead atoms. The molecule has 0 aliphatic carbocycles. The highest BCUT2D eigenvalue weighted by Gasteiger charge is 2.32. The zero-order valence-electron chi connectivity index (χ0n) is 12.4. The third kappa shape index (κ3) is 3.64. The minimum absolute atomic E-state index is 0. The SMILES string of the molecule is Cl.O=C(NCC1(CCl)CCNCC1)N1CCc2n[nH]nc2C1. The van der Waals surface area contributed by atoms with Gasteiger partial charge in [-0.2, -0.15) is 15.4 Å². The molecule has 0 radical (unpaired) electrons. The first-order chi connectivity index (χ1) is 10.2. The molecule has 1 aromatic rings. The number of nitrogens with zero attached hydrogens (tertiary/aromatic N) is 3. The van der Waals surface area contributed by atoms with Gasteiger partial charge in [-0.05, 0) is 25.9 Å². The highest BCUT2D eigenvalue weighted by Crippen LogP contribution is 2.29. The van der Waals surface area contributed by atoms with E-state index >= 15 is 0 Å². The lowest BCUT2D eigenvalue weighted by molar-refractivity contribution is 0.175. The van der Waals surface area contributed by atoms with Crippen LogP contribution in [0.15, 0.2) is 0 Å². The van der Waals surface area contributed by atoms with Crippen molar-refractivity contribution in [3.8, 4) is 0 Å². The van der Waals surface area contributed by atoms with E-state index in [2.05, 4.69) is 26.0 Å². The number of amides is 2. The number of hydrogen-bond donors (Lipinski definition) is 3. The van der Waals surface area contributed by atoms with Crippen LogP contribution in [0, 0.1) is 5.41 Å². The first-order valence-corrected chi connectivity index (χ1v) is 7.94. The van der Waals surface area contributed by atoms with Gasteiger partial charge in [0, 0.05) is 30.8 Å². The van der Waals surface area contributed by atoms with E-state index in [4.69, 9.17) is 11.6 Å². The average Bonchev–Trinajstić information content (AvgIpc) is 3.01. The lowest BCUT2D eigenvalue weighted by Gasteiger charge is -2.37. The standard InChI is InChI=1S/C13H21ClN6O.ClH/c14-8-13(2-4-15-5-3-13)9-16-12(21)20-6-1-10-11(7-20)18-19-17-10;/h15H,1-9H2,(H,16,21)(H,17,18,19);1H. The Morgan fingerprint density at radius 2 is 2.05 bits per heavy atom. The minimum Gasteiger partial charge on any atom is -0.337 e. The third-order valence-corrected chi connectivity index (χ3v) is 5.08. The van der Waals surface area contributed by atoms with Crippen molar-refractivity contribution < 1.29 is 4.79 Å². The molecule has 3 rings (SSSR count). The molecule has 1 aromatic heterocycles. The molecule has 22 heavy (non-hydrogen) atoms. The summed E-state index contributed by atoms with van der Waals surface area (Å²) in [4.78, 5) is 14.1. The maximum atomic E-state index is 12.3. The number of aromatic nitrogens is 3. The number of carbonyl (C=O) groups is 1. The second-order valence-corrected chi connectivity index (χ2v) is 6.20. The summed E-state index contributed by atoms with van der Waals surface area (Å²) in [7, 11) is 0. The predicted octanol–water partition coefficient (Wildman–Crippen LogP) is 0.903. The number of H-pyrrole nitrogens is 1. The molecular weight excluding hydrogens is 327 g/mol. The van der Waals surface area contributed by atoms with Crippen LogP contribution in [0.3, 0.4) is 0 Å². The molecule has 3 heterocycles. The minimum atomic E-state index is -0.0355. The van der Waals surface area contributed by atoms with E-state index in [1.807, 2.05) is 0 Å². The zero-order chi connectivity index (χ0) is 14.7. The maximum absolute atomic E-state index is 12.3. The molecule has 9 heteroatoms. The normalized spacial score (nSPS) is 20.0. The van der Waals surface area contributed by atoms with Gasteiger partial charge in [-0.3, -0.25) is 0 Å². The van der Waals surface area contributed by atoms with Crippen LogP contribution in [-0.4, -0.2) is 58.4 Å². The summed E-state index contributed by atoms with van der Waals surface area (Å²) in [6.07, 6.45) is 2.76. The highest BCUT2D eigenvalue weighted by molar-refractivity contribution is 6.18. The van der Waals surface area contributed by atoms with Gasteiger partial charge < -0.3 is 15.5 Å². The Morgan fingerprint density at radius 3 is 2.77 bits per heavy atom. The Morgan fingerprint density at radius 1 is 1.32 bits per heavy atom. The number of carbonyl (C=O) groups excluding carboxylic acids is 1. The second kappa shape index (κ2) is 7.48. The molecule has 3 N–H and O–H groups in total. The third-order valence-electron chi connectivity index (χ3n) is 4.51. The molecule has 0 unspecified atom stereocenters. The molecule has 0 saturated carbocycles. The Hall–Kier alpha value is -1.05. The second-order valence-electron chi connectivity index (χ2n) is 5.93. The summed E-state index contributed by atoms with van der Waals surface area (Å²) in [5.74, 6) is 0.586. The van der Waals surface area contributed by atoms with Crippen molar-refractivity contribution in [1.82, 2.24) is 30.9 Å². The Labute approximate surface area is 140 Å². The van der Waals surface area contributed by atoms with Gasteiger partial charge >= 0.3 is 6.03 Å². The van der Waals surface area contributed by atoms with E-state index in [1.165, 1.54) is 0 Å². The van der Waals surface area contributed by atoms with E-state index < -0.39 is 0 Å². The van der Waals surface area contributed by atoms with Crippen LogP contribution in [0.5, 0.6) is 0 Å². The zero-order valence-corrected chi connectivity index (χ0v) is 14.0. The first kappa shape index (κ1) is 17.3. The number of piperidine rings is 1. The summed E-state index contributed by atoms with van der Waals surface area (Å²) < 4.78 is 0. The van der Waals surface area contributed by atoms with Crippen molar-refractivity contribution in [3.05, 3.63) is 11.4 Å². The van der Waals surface area contributed by atoms with Gasteiger partial charge in [-0.1, -0.05) is 0 Å². The number of alkyl halides is 1. The van der Waals surface area contributed by atoms with Crippen LogP contribution in [0.25, 0.3) is 0 Å². The van der Waals surface area contributed by atoms with Crippen molar-refractivity contribution in [2.75, 3.05) is 32.1 Å². The van der Waals surface area contributed by atoms with Crippen LogP contribution < -0.4 is 10.6 Å². The summed E-state index contributed by atoms with van der Waals surface area (Å²) in [6, 6.07) is -0.0355. The van der Waals surface area contributed by atoms with Gasteiger partial charge in [0.25, 0.3) is 0 Å². The van der Waals surface area contributed by atoms with Gasteiger partial charge in [0.05, 0.1) is 12.2 Å². The smallest absolute Gasteiger partial charge is 0.317 e. The van der Waals surface area contributed by atoms with Gasteiger partial charge in [-0.25, -0.2) is 4.79 Å². The number of rotatable bonds is 3. The lowest BCUT2D eigenvalue weighted by Crippen LogP contribution is -2.49. The summed E-state index contributed by atoms with van der Waals surface area (Å²) >= 11 is 6.14. The lowest BCUT2D eigenvalue weighted by atomic mass is 9.81. The molecule has 1 saturated heterocycles. The molecule has 2 aliphatic rings. The van der Waals surface area contributed by atoms with Gasteiger partial charge in [0.2, 0.25) is 0 Å². The van der Waals surface area contributed by atoms with Crippen LogP contribution in [0.2, 0.25) is 0 Å². The molecule has 1 fully saturated rings. The van der Waals surface area contributed by atoms with Crippen LogP contribution in [0.1, 0.15) is 24.2 Å². The number of urea groups is 1. The van der Waals surface area contributed by atoms with Crippen molar-refractivity contribution in [2.24, 2.45) is 5.41 Å². The number of nitrogens with one attached hydrogen (secondary N) is 3. The summed E-state index contributed by atoms with van der Waals surface area (Å²) in [5, 5.41) is 17.2. The fourth-order valence-corrected chi connectivity index (χ4v) is 3.33.